The fourth-order valence-corrected chi connectivity index (χ4v) is 2.14. The van der Waals surface area contributed by atoms with Crippen LogP contribution in [-0.4, -0.2) is 7.11 Å². The maximum absolute atomic E-state index is 5.12. The zero-order chi connectivity index (χ0) is 9.26. The van der Waals surface area contributed by atoms with E-state index in [-0.39, 0.29) is 0 Å². The molecule has 1 aromatic carbocycles. The van der Waals surface area contributed by atoms with Crippen molar-refractivity contribution in [2.24, 2.45) is 0 Å². The lowest BCUT2D eigenvalue weighted by molar-refractivity contribution is 0.185. The van der Waals surface area contributed by atoms with E-state index in [1.54, 1.807) is 7.11 Å². The van der Waals surface area contributed by atoms with Gasteiger partial charge in [0.15, 0.2) is 0 Å². The predicted octanol–water partition coefficient (Wildman–Crippen LogP) is 3.47. The Labute approximate surface area is 87.2 Å². The Morgan fingerprint density at radius 3 is 2.77 bits per heavy atom. The van der Waals surface area contributed by atoms with E-state index in [9.17, 15) is 0 Å². The Morgan fingerprint density at radius 1 is 1.38 bits per heavy atom. The van der Waals surface area contributed by atoms with Gasteiger partial charge in [-0.05, 0) is 42.0 Å². The lowest BCUT2D eigenvalue weighted by atomic mass is 10.1. The van der Waals surface area contributed by atoms with E-state index in [1.165, 1.54) is 28.4 Å². The standard InChI is InChI=1S/C11H13BrO/c1-13-7-8-4-10(9-2-3-9)6-11(12)5-8/h4-6,9H,2-3,7H2,1H3. The van der Waals surface area contributed by atoms with Crippen LogP contribution in [0.25, 0.3) is 0 Å². The molecule has 0 radical (unpaired) electrons. The van der Waals surface area contributed by atoms with Gasteiger partial charge >= 0.3 is 0 Å². The molecule has 1 aliphatic rings. The molecule has 0 aliphatic heterocycles. The minimum absolute atomic E-state index is 0.707. The molecule has 0 bridgehead atoms. The van der Waals surface area contributed by atoms with Gasteiger partial charge < -0.3 is 4.74 Å². The molecule has 1 aromatic rings. The molecule has 1 nitrogen and oxygen atoms in total. The van der Waals surface area contributed by atoms with Crippen molar-refractivity contribution in [3.05, 3.63) is 33.8 Å². The highest BCUT2D eigenvalue weighted by Crippen LogP contribution is 2.41. The first-order valence-electron chi connectivity index (χ1n) is 4.58. The summed E-state index contributed by atoms with van der Waals surface area (Å²) in [6.45, 7) is 0.707. The highest BCUT2D eigenvalue weighted by atomic mass is 79.9. The molecule has 0 saturated heterocycles. The van der Waals surface area contributed by atoms with Crippen LogP contribution in [0.2, 0.25) is 0 Å². The average molecular weight is 241 g/mol. The molecule has 1 saturated carbocycles. The molecule has 1 aliphatic carbocycles. The molecule has 2 rings (SSSR count). The number of methoxy groups -OCH3 is 1. The first-order chi connectivity index (χ1) is 6.29. The van der Waals surface area contributed by atoms with Crippen molar-refractivity contribution in [3.8, 4) is 0 Å². The number of hydrogen-bond acceptors (Lipinski definition) is 1. The Kier molecular flexibility index (Phi) is 2.70. The van der Waals surface area contributed by atoms with Crippen molar-refractivity contribution in [2.45, 2.75) is 25.4 Å². The maximum atomic E-state index is 5.12. The Morgan fingerprint density at radius 2 is 2.15 bits per heavy atom. The minimum atomic E-state index is 0.707. The number of hydrogen-bond donors (Lipinski definition) is 0. The third-order valence-electron chi connectivity index (χ3n) is 2.34. The second-order valence-corrected chi connectivity index (χ2v) is 4.52. The summed E-state index contributed by atoms with van der Waals surface area (Å²) in [5.41, 5.74) is 2.72. The molecule has 0 atom stereocenters. The SMILES string of the molecule is COCc1cc(Br)cc(C2CC2)c1. The molecular formula is C11H13BrO. The van der Waals surface area contributed by atoms with E-state index < -0.39 is 0 Å². The summed E-state index contributed by atoms with van der Waals surface area (Å²) in [6.07, 6.45) is 2.70. The van der Waals surface area contributed by atoms with Crippen molar-refractivity contribution >= 4 is 15.9 Å². The quantitative estimate of drug-likeness (QED) is 0.787. The molecule has 70 valence electrons. The van der Waals surface area contributed by atoms with Gasteiger partial charge in [0.2, 0.25) is 0 Å². The molecule has 1 fully saturated rings. The van der Waals surface area contributed by atoms with Crippen LogP contribution in [0.5, 0.6) is 0 Å². The zero-order valence-electron chi connectivity index (χ0n) is 7.72. The highest BCUT2D eigenvalue weighted by Gasteiger charge is 2.23. The Balaban J connectivity index is 2.25. The third kappa shape index (κ3) is 2.32. The summed E-state index contributed by atoms with van der Waals surface area (Å²) in [5.74, 6) is 0.813. The van der Waals surface area contributed by atoms with Gasteiger partial charge in [0.05, 0.1) is 6.61 Å². The first kappa shape index (κ1) is 9.22. The van der Waals surface area contributed by atoms with Crippen LogP contribution in [0, 0.1) is 0 Å². The lowest BCUT2D eigenvalue weighted by Gasteiger charge is -2.04. The van der Waals surface area contributed by atoms with E-state index in [4.69, 9.17) is 4.74 Å². The average Bonchev–Trinajstić information content (AvgIpc) is 2.85. The fourth-order valence-electron chi connectivity index (χ4n) is 1.58. The Bertz CT molecular complexity index is 305. The van der Waals surface area contributed by atoms with Crippen LogP contribution in [0.3, 0.4) is 0 Å². The van der Waals surface area contributed by atoms with Crippen molar-refractivity contribution < 1.29 is 4.74 Å². The second kappa shape index (κ2) is 3.81. The van der Waals surface area contributed by atoms with E-state index in [0.717, 1.165) is 5.92 Å². The first-order valence-corrected chi connectivity index (χ1v) is 5.37. The Hall–Kier alpha value is -0.340. The van der Waals surface area contributed by atoms with Crippen molar-refractivity contribution in [2.75, 3.05) is 7.11 Å². The summed E-state index contributed by atoms with van der Waals surface area (Å²) in [5, 5.41) is 0. The van der Waals surface area contributed by atoms with Crippen LogP contribution in [0.15, 0.2) is 22.7 Å². The van der Waals surface area contributed by atoms with Crippen molar-refractivity contribution in [1.29, 1.82) is 0 Å². The molecule has 0 amide bonds. The van der Waals surface area contributed by atoms with Gasteiger partial charge in [-0.3, -0.25) is 0 Å². The van der Waals surface area contributed by atoms with E-state index in [2.05, 4.69) is 34.1 Å². The van der Waals surface area contributed by atoms with Gasteiger partial charge in [-0.2, -0.15) is 0 Å². The lowest BCUT2D eigenvalue weighted by Crippen LogP contribution is -1.90. The molecule has 2 heteroatoms. The molecular weight excluding hydrogens is 228 g/mol. The smallest absolute Gasteiger partial charge is 0.0713 e. The molecule has 0 heterocycles. The number of halogens is 1. The van der Waals surface area contributed by atoms with Crippen LogP contribution in [-0.2, 0) is 11.3 Å². The van der Waals surface area contributed by atoms with E-state index >= 15 is 0 Å². The summed E-state index contributed by atoms with van der Waals surface area (Å²) in [4.78, 5) is 0. The van der Waals surface area contributed by atoms with Gasteiger partial charge in [-0.15, -0.1) is 0 Å². The van der Waals surface area contributed by atoms with Crippen LogP contribution in [0.1, 0.15) is 29.9 Å². The van der Waals surface area contributed by atoms with Crippen molar-refractivity contribution in [3.63, 3.8) is 0 Å². The molecule has 13 heavy (non-hydrogen) atoms. The zero-order valence-corrected chi connectivity index (χ0v) is 9.30. The van der Waals surface area contributed by atoms with Crippen LogP contribution >= 0.6 is 15.9 Å². The molecule has 0 spiro atoms. The van der Waals surface area contributed by atoms with E-state index in [0.29, 0.717) is 6.61 Å². The highest BCUT2D eigenvalue weighted by molar-refractivity contribution is 9.10. The van der Waals surface area contributed by atoms with Gasteiger partial charge in [0.1, 0.15) is 0 Å². The largest absolute Gasteiger partial charge is 0.380 e. The number of benzene rings is 1. The summed E-state index contributed by atoms with van der Waals surface area (Å²) in [6, 6.07) is 6.60. The van der Waals surface area contributed by atoms with Gasteiger partial charge in [0, 0.05) is 11.6 Å². The van der Waals surface area contributed by atoms with Gasteiger partial charge in [-0.25, -0.2) is 0 Å². The second-order valence-electron chi connectivity index (χ2n) is 3.60. The third-order valence-corrected chi connectivity index (χ3v) is 2.80. The predicted molar refractivity (Wildman–Crippen MR) is 56.8 cm³/mol. The minimum Gasteiger partial charge on any atom is -0.380 e. The number of ether oxygens (including phenoxy) is 1. The normalized spacial score (nSPS) is 16.2. The maximum Gasteiger partial charge on any atom is 0.0713 e. The monoisotopic (exact) mass is 240 g/mol. The van der Waals surface area contributed by atoms with E-state index in [1.807, 2.05) is 0 Å². The van der Waals surface area contributed by atoms with Crippen LogP contribution in [0.4, 0.5) is 0 Å². The number of rotatable bonds is 3. The van der Waals surface area contributed by atoms with Crippen LogP contribution < -0.4 is 0 Å². The molecule has 0 unspecified atom stereocenters. The summed E-state index contributed by atoms with van der Waals surface area (Å²) >= 11 is 3.52. The van der Waals surface area contributed by atoms with Gasteiger partial charge in [-0.1, -0.05) is 22.0 Å². The summed E-state index contributed by atoms with van der Waals surface area (Å²) < 4.78 is 6.29. The summed E-state index contributed by atoms with van der Waals surface area (Å²) in [7, 11) is 1.73. The van der Waals surface area contributed by atoms with Gasteiger partial charge in [0.25, 0.3) is 0 Å². The topological polar surface area (TPSA) is 9.23 Å². The fraction of sp³-hybridized carbons (Fsp3) is 0.455. The van der Waals surface area contributed by atoms with Crippen molar-refractivity contribution in [1.82, 2.24) is 0 Å². The molecule has 0 N–H and O–H groups in total. The molecule has 0 aromatic heterocycles.